The number of hydrogen-bond acceptors (Lipinski definition) is 0. The number of rotatable bonds is 6. The molecule has 0 unspecified atom stereocenters. The normalized spacial score (nSPS) is 13.4. The van der Waals surface area contributed by atoms with Crippen LogP contribution in [0.25, 0.3) is 0 Å². The summed E-state index contributed by atoms with van der Waals surface area (Å²) in [6.45, 7) is 4.44. The van der Waals surface area contributed by atoms with Gasteiger partial charge in [-0.1, -0.05) is 52.4 Å². The number of hydrogen-bond donors (Lipinski definition) is 0. The van der Waals surface area contributed by atoms with Crippen LogP contribution in [0, 0.1) is 12.2 Å². The standard InChI is InChI=1S/2C9H13.2ClH.2Ti/c2*1-2-3-6-9-7-4-5-8-9;;;;/h2*4,7H,2-3,5-6H2,1H3;2*1H;;/q2*-1;;;2*+2/p-2. The maximum absolute atomic E-state index is 3.30. The monoisotopic (exact) mass is 408 g/mol. The molecule has 0 aromatic rings. The third-order valence-corrected chi connectivity index (χ3v) is 3.13. The van der Waals surface area contributed by atoms with Crippen molar-refractivity contribution in [2.24, 2.45) is 0 Å². The molecule has 0 heterocycles. The zero-order valence-corrected chi connectivity index (χ0v) is 18.4. The molecule has 0 fully saturated rings. The molecule has 0 radical (unpaired) electrons. The molecule has 0 spiro atoms. The Labute approximate surface area is 179 Å². The second-order valence-electron chi connectivity index (χ2n) is 4.82. The van der Waals surface area contributed by atoms with Gasteiger partial charge in [-0.05, 0) is 0 Å². The van der Waals surface area contributed by atoms with E-state index in [1.807, 2.05) is 0 Å². The number of halogens is 2. The minimum Gasteiger partial charge on any atom is -1.00 e. The molecular weight excluding hydrogens is 383 g/mol. The SMILES string of the molecule is CCCCC1=[C-]CC=C1.CCCCC1=[C-]CC=C1.[Cl-].[Cl-].[Ti+2].[Ti+2]. The van der Waals surface area contributed by atoms with Crippen LogP contribution in [0.15, 0.2) is 35.5 Å². The van der Waals surface area contributed by atoms with Crippen molar-refractivity contribution in [2.45, 2.75) is 65.2 Å². The first-order chi connectivity index (χ1) is 8.86. The van der Waals surface area contributed by atoms with Gasteiger partial charge in [0, 0.05) is 0 Å². The van der Waals surface area contributed by atoms with E-state index in [0.29, 0.717) is 0 Å². The van der Waals surface area contributed by atoms with Crippen molar-refractivity contribution in [1.82, 2.24) is 0 Å². The minimum atomic E-state index is 0. The van der Waals surface area contributed by atoms with Gasteiger partial charge >= 0.3 is 43.4 Å². The molecule has 0 bridgehead atoms. The Morgan fingerprint density at radius 1 is 0.773 bits per heavy atom. The first-order valence-corrected chi connectivity index (χ1v) is 7.39. The fourth-order valence-electron chi connectivity index (χ4n) is 1.98. The van der Waals surface area contributed by atoms with E-state index in [9.17, 15) is 0 Å². The molecular formula is C18H26Cl2Ti2. The molecule has 0 nitrogen and oxygen atoms in total. The van der Waals surface area contributed by atoms with E-state index >= 15 is 0 Å². The summed E-state index contributed by atoms with van der Waals surface area (Å²) in [4.78, 5) is 0. The Balaban J connectivity index is -0.000000125. The maximum Gasteiger partial charge on any atom is 2.00 e. The average molecular weight is 409 g/mol. The summed E-state index contributed by atoms with van der Waals surface area (Å²) >= 11 is 0. The molecule has 0 N–H and O–H groups in total. The molecule has 0 aromatic carbocycles. The molecule has 22 heavy (non-hydrogen) atoms. The molecule has 0 aromatic heterocycles. The Hall–Kier alpha value is 0.969. The van der Waals surface area contributed by atoms with Crippen LogP contribution in [-0.2, 0) is 43.4 Å². The van der Waals surface area contributed by atoms with Crippen molar-refractivity contribution in [3.05, 3.63) is 47.6 Å². The second kappa shape index (κ2) is 22.0. The zero-order valence-electron chi connectivity index (χ0n) is 13.7. The van der Waals surface area contributed by atoms with Gasteiger partial charge in [0.1, 0.15) is 0 Å². The van der Waals surface area contributed by atoms with Crippen LogP contribution in [0.4, 0.5) is 0 Å². The van der Waals surface area contributed by atoms with Crippen LogP contribution >= 0.6 is 0 Å². The van der Waals surface area contributed by atoms with Crippen molar-refractivity contribution in [3.63, 3.8) is 0 Å². The van der Waals surface area contributed by atoms with Gasteiger partial charge in [-0.25, -0.2) is 23.3 Å². The smallest absolute Gasteiger partial charge is 1.00 e. The average Bonchev–Trinajstić information content (AvgIpc) is 3.07. The molecule has 0 amide bonds. The third kappa shape index (κ3) is 15.8. The van der Waals surface area contributed by atoms with Gasteiger partial charge < -0.3 is 24.8 Å². The van der Waals surface area contributed by atoms with E-state index in [0.717, 1.165) is 12.8 Å². The molecule has 0 saturated carbocycles. The summed E-state index contributed by atoms with van der Waals surface area (Å²) in [6, 6.07) is 0. The first kappa shape index (κ1) is 30.8. The summed E-state index contributed by atoms with van der Waals surface area (Å²) in [5.74, 6) is 0. The number of unbranched alkanes of at least 4 members (excludes halogenated alkanes) is 2. The fourth-order valence-corrected chi connectivity index (χ4v) is 1.98. The molecule has 2 aliphatic rings. The van der Waals surface area contributed by atoms with Crippen molar-refractivity contribution in [2.75, 3.05) is 0 Å². The van der Waals surface area contributed by atoms with Gasteiger partial charge in [-0.15, -0.1) is 12.8 Å². The Kier molecular flexibility index (Phi) is 30.8. The summed E-state index contributed by atoms with van der Waals surface area (Å²) in [5, 5.41) is 0. The molecule has 0 atom stereocenters. The van der Waals surface area contributed by atoms with E-state index < -0.39 is 0 Å². The molecule has 2 aliphatic carbocycles. The summed E-state index contributed by atoms with van der Waals surface area (Å²) < 4.78 is 0. The van der Waals surface area contributed by atoms with Crippen molar-refractivity contribution in [3.8, 4) is 0 Å². The Bertz CT molecular complexity index is 311. The summed E-state index contributed by atoms with van der Waals surface area (Å²) in [6.07, 6.45) is 25.1. The summed E-state index contributed by atoms with van der Waals surface area (Å²) in [7, 11) is 0. The zero-order chi connectivity index (χ0) is 13.1. The minimum absolute atomic E-state index is 0. The Morgan fingerprint density at radius 3 is 1.36 bits per heavy atom. The first-order valence-electron chi connectivity index (χ1n) is 7.39. The fraction of sp³-hybridized carbons (Fsp3) is 0.556. The topological polar surface area (TPSA) is 0 Å². The largest absolute Gasteiger partial charge is 2.00 e. The van der Waals surface area contributed by atoms with Gasteiger partial charge in [0.05, 0.1) is 0 Å². The quantitative estimate of drug-likeness (QED) is 0.419. The van der Waals surface area contributed by atoms with E-state index in [1.165, 1.54) is 49.7 Å². The molecule has 0 saturated heterocycles. The Morgan fingerprint density at radius 2 is 1.14 bits per heavy atom. The predicted octanol–water partition coefficient (Wildman–Crippen LogP) is -0.265. The van der Waals surface area contributed by atoms with Crippen LogP contribution < -0.4 is 24.8 Å². The molecule has 120 valence electrons. The van der Waals surface area contributed by atoms with Gasteiger partial charge in [0.2, 0.25) is 0 Å². The molecule has 4 heteroatoms. The van der Waals surface area contributed by atoms with Crippen LogP contribution in [0.3, 0.4) is 0 Å². The van der Waals surface area contributed by atoms with Crippen LogP contribution in [0.1, 0.15) is 65.2 Å². The van der Waals surface area contributed by atoms with E-state index in [4.69, 9.17) is 0 Å². The second-order valence-corrected chi connectivity index (χ2v) is 4.82. The van der Waals surface area contributed by atoms with E-state index in [1.54, 1.807) is 0 Å². The van der Waals surface area contributed by atoms with Gasteiger partial charge in [-0.2, -0.15) is 12.2 Å². The third-order valence-electron chi connectivity index (χ3n) is 3.13. The van der Waals surface area contributed by atoms with Crippen molar-refractivity contribution in [1.29, 1.82) is 0 Å². The molecule has 0 aliphatic heterocycles. The van der Waals surface area contributed by atoms with Crippen LogP contribution in [-0.4, -0.2) is 0 Å². The van der Waals surface area contributed by atoms with E-state index in [-0.39, 0.29) is 68.2 Å². The van der Waals surface area contributed by atoms with Gasteiger partial charge in [0.15, 0.2) is 0 Å². The van der Waals surface area contributed by atoms with Crippen molar-refractivity contribution < 1.29 is 68.2 Å². The maximum atomic E-state index is 3.30. The van der Waals surface area contributed by atoms with Crippen LogP contribution in [0.5, 0.6) is 0 Å². The van der Waals surface area contributed by atoms with E-state index in [2.05, 4.69) is 50.3 Å². The van der Waals surface area contributed by atoms with Gasteiger partial charge in [0.25, 0.3) is 0 Å². The molecule has 2 rings (SSSR count). The van der Waals surface area contributed by atoms with Crippen LogP contribution in [0.2, 0.25) is 0 Å². The summed E-state index contributed by atoms with van der Waals surface area (Å²) in [5.41, 5.74) is 2.83. The predicted molar refractivity (Wildman–Crippen MR) is 80.1 cm³/mol. The number of allylic oxidation sites excluding steroid dienone is 8. The van der Waals surface area contributed by atoms with Gasteiger partial charge in [-0.3, -0.25) is 12.2 Å². The van der Waals surface area contributed by atoms with Crippen molar-refractivity contribution >= 4 is 0 Å².